The van der Waals surface area contributed by atoms with Crippen LogP contribution in [0.1, 0.15) is 66.5 Å². The van der Waals surface area contributed by atoms with Gasteiger partial charge in [-0.1, -0.05) is 67.8 Å². The summed E-state index contributed by atoms with van der Waals surface area (Å²) in [5, 5.41) is 21.1. The summed E-state index contributed by atoms with van der Waals surface area (Å²) in [7, 11) is 0. The van der Waals surface area contributed by atoms with Crippen molar-refractivity contribution in [2.75, 3.05) is 31.1 Å². The first-order valence-electron chi connectivity index (χ1n) is 16.1. The molecule has 2 unspecified atom stereocenters. The van der Waals surface area contributed by atoms with Crippen LogP contribution in [0.25, 0.3) is 0 Å². The van der Waals surface area contributed by atoms with E-state index in [0.29, 0.717) is 19.2 Å². The van der Waals surface area contributed by atoms with Crippen LogP contribution in [-0.4, -0.2) is 47.4 Å². The minimum atomic E-state index is -0.513. The minimum Gasteiger partial charge on any atom is -0.508 e. The normalized spacial score (nSPS) is 17.8. The fourth-order valence-corrected chi connectivity index (χ4v) is 6.96. The lowest BCUT2D eigenvalue weighted by molar-refractivity contribution is 0.0627. The number of hydrogen-bond acceptors (Lipinski definition) is 5. The molecule has 4 aromatic carbocycles. The Hall–Kier alpha value is -3.87. The molecular formula is C38H43FN2O3. The van der Waals surface area contributed by atoms with Crippen molar-refractivity contribution in [3.05, 3.63) is 125 Å². The van der Waals surface area contributed by atoms with E-state index in [9.17, 15) is 14.6 Å². The van der Waals surface area contributed by atoms with Crippen molar-refractivity contribution in [2.24, 2.45) is 0 Å². The first-order valence-corrected chi connectivity index (χ1v) is 16.1. The molecule has 5 nitrogen and oxygen atoms in total. The maximum absolute atomic E-state index is 13.7. The number of anilines is 1. The molecule has 1 saturated carbocycles. The second kappa shape index (κ2) is 14.3. The maximum Gasteiger partial charge on any atom is 0.123 e. The van der Waals surface area contributed by atoms with Crippen molar-refractivity contribution in [3.63, 3.8) is 0 Å². The average Bonchev–Trinajstić information content (AvgIpc) is 3.06. The quantitative estimate of drug-likeness (QED) is 0.187. The SMILES string of the molecule is Oc1ccc2c(c1)CCN(c1ccc(F)cc1)C2Cc1ccc(OCCN(CC(O)c2ccccc2)C2CCCCC2)cc1. The van der Waals surface area contributed by atoms with E-state index < -0.39 is 6.10 Å². The van der Waals surface area contributed by atoms with Crippen molar-refractivity contribution in [3.8, 4) is 11.5 Å². The largest absolute Gasteiger partial charge is 0.508 e. The fraction of sp³-hybridized carbons (Fsp3) is 0.368. The smallest absolute Gasteiger partial charge is 0.123 e. The Balaban J connectivity index is 1.11. The zero-order valence-corrected chi connectivity index (χ0v) is 25.3. The highest BCUT2D eigenvalue weighted by Crippen LogP contribution is 2.37. The molecule has 0 spiro atoms. The number of benzene rings is 4. The third kappa shape index (κ3) is 7.43. The maximum atomic E-state index is 13.7. The molecule has 6 rings (SSSR count). The van der Waals surface area contributed by atoms with Crippen molar-refractivity contribution >= 4 is 5.69 Å². The van der Waals surface area contributed by atoms with Gasteiger partial charge in [0.2, 0.25) is 0 Å². The molecule has 2 aliphatic rings. The Morgan fingerprint density at radius 2 is 1.64 bits per heavy atom. The van der Waals surface area contributed by atoms with Crippen LogP contribution in [0.2, 0.25) is 0 Å². The zero-order valence-electron chi connectivity index (χ0n) is 25.3. The van der Waals surface area contributed by atoms with E-state index in [4.69, 9.17) is 4.74 Å². The molecular weight excluding hydrogens is 551 g/mol. The summed E-state index contributed by atoms with van der Waals surface area (Å²) in [6, 6.07) is 31.2. The second-order valence-electron chi connectivity index (χ2n) is 12.2. The Labute approximate surface area is 260 Å². The predicted molar refractivity (Wildman–Crippen MR) is 174 cm³/mol. The van der Waals surface area contributed by atoms with Crippen molar-refractivity contribution < 1.29 is 19.3 Å². The van der Waals surface area contributed by atoms with Crippen LogP contribution >= 0.6 is 0 Å². The highest BCUT2D eigenvalue weighted by Gasteiger charge is 2.28. The molecule has 0 radical (unpaired) electrons. The minimum absolute atomic E-state index is 0.0664. The average molecular weight is 595 g/mol. The predicted octanol–water partition coefficient (Wildman–Crippen LogP) is 7.62. The summed E-state index contributed by atoms with van der Waals surface area (Å²) in [4.78, 5) is 4.76. The lowest BCUT2D eigenvalue weighted by Gasteiger charge is -2.39. The number of rotatable bonds is 11. The zero-order chi connectivity index (χ0) is 30.3. The highest BCUT2D eigenvalue weighted by molar-refractivity contribution is 5.53. The van der Waals surface area contributed by atoms with Gasteiger partial charge in [-0.3, -0.25) is 4.90 Å². The number of phenolic OH excluding ortho intramolecular Hbond substituents is 1. The van der Waals surface area contributed by atoms with E-state index >= 15 is 0 Å². The molecule has 0 amide bonds. The standard InChI is InChI=1S/C38H43FN2O3/c39-31-13-15-33(16-14-31)41-22-21-30-26-34(42)17-20-36(30)37(41)25-28-11-18-35(19-12-28)44-24-23-40(32-9-5-2-6-10-32)27-38(43)29-7-3-1-4-8-29/h1,3-4,7-8,11-20,26,32,37-38,42-43H,2,5-6,9-10,21-25,27H2. The van der Waals surface area contributed by atoms with E-state index in [-0.39, 0.29) is 17.6 Å². The number of nitrogens with zero attached hydrogens (tertiary/aromatic N) is 2. The van der Waals surface area contributed by atoms with Gasteiger partial charge in [0.25, 0.3) is 0 Å². The Morgan fingerprint density at radius 3 is 2.39 bits per heavy atom. The summed E-state index contributed by atoms with van der Waals surface area (Å²) in [5.41, 5.74) is 5.49. The van der Waals surface area contributed by atoms with Crippen LogP contribution in [0.4, 0.5) is 10.1 Å². The molecule has 0 saturated heterocycles. The molecule has 6 heteroatoms. The van der Waals surface area contributed by atoms with Gasteiger partial charge in [0.05, 0.1) is 12.1 Å². The van der Waals surface area contributed by atoms with Gasteiger partial charge in [0.15, 0.2) is 0 Å². The summed E-state index contributed by atoms with van der Waals surface area (Å²) in [6.45, 7) is 2.75. The highest BCUT2D eigenvalue weighted by atomic mass is 19.1. The molecule has 44 heavy (non-hydrogen) atoms. The number of fused-ring (bicyclic) bond motifs is 1. The first-order chi connectivity index (χ1) is 21.5. The number of aliphatic hydroxyl groups excluding tert-OH is 1. The van der Waals surface area contributed by atoms with Gasteiger partial charge in [-0.25, -0.2) is 4.39 Å². The van der Waals surface area contributed by atoms with Crippen LogP contribution in [0.15, 0.2) is 97.1 Å². The number of halogens is 1. The monoisotopic (exact) mass is 594 g/mol. The van der Waals surface area contributed by atoms with E-state index in [1.54, 1.807) is 6.07 Å². The van der Waals surface area contributed by atoms with E-state index in [1.807, 2.05) is 66.7 Å². The second-order valence-corrected chi connectivity index (χ2v) is 12.2. The van der Waals surface area contributed by atoms with Gasteiger partial charge in [-0.05, 0) is 96.5 Å². The van der Waals surface area contributed by atoms with Gasteiger partial charge in [-0.2, -0.15) is 0 Å². The van der Waals surface area contributed by atoms with Crippen LogP contribution < -0.4 is 9.64 Å². The molecule has 2 atom stereocenters. The lowest BCUT2D eigenvalue weighted by Crippen LogP contribution is -2.41. The summed E-state index contributed by atoms with van der Waals surface area (Å²) < 4.78 is 19.9. The molecule has 0 aromatic heterocycles. The molecule has 2 N–H and O–H groups in total. The van der Waals surface area contributed by atoms with Gasteiger partial charge in [-0.15, -0.1) is 0 Å². The Morgan fingerprint density at radius 1 is 0.886 bits per heavy atom. The lowest BCUT2D eigenvalue weighted by atomic mass is 9.88. The summed E-state index contributed by atoms with van der Waals surface area (Å²) in [5.74, 6) is 0.888. The van der Waals surface area contributed by atoms with E-state index in [2.05, 4.69) is 21.9 Å². The topological polar surface area (TPSA) is 56.2 Å². The fourth-order valence-electron chi connectivity index (χ4n) is 6.96. The van der Waals surface area contributed by atoms with Gasteiger partial charge in [0.1, 0.15) is 23.9 Å². The van der Waals surface area contributed by atoms with Crippen molar-refractivity contribution in [1.82, 2.24) is 4.90 Å². The number of aliphatic hydroxyl groups is 1. The molecule has 4 aromatic rings. The number of phenols is 1. The Kier molecular flexibility index (Phi) is 9.79. The third-order valence-corrected chi connectivity index (χ3v) is 9.32. The van der Waals surface area contributed by atoms with Gasteiger partial charge >= 0.3 is 0 Å². The molecule has 1 aliphatic heterocycles. The van der Waals surface area contributed by atoms with Crippen LogP contribution in [-0.2, 0) is 12.8 Å². The Bertz CT molecular complexity index is 1470. The number of hydrogen-bond donors (Lipinski definition) is 2. The molecule has 1 fully saturated rings. The van der Waals surface area contributed by atoms with Crippen LogP contribution in [0.5, 0.6) is 11.5 Å². The molecule has 1 aliphatic carbocycles. The first kappa shape index (κ1) is 30.2. The number of aromatic hydroxyl groups is 1. The molecule has 230 valence electrons. The van der Waals surface area contributed by atoms with E-state index in [1.165, 1.54) is 55.4 Å². The summed E-state index contributed by atoms with van der Waals surface area (Å²) >= 11 is 0. The molecule has 0 bridgehead atoms. The van der Waals surface area contributed by atoms with Gasteiger partial charge < -0.3 is 19.8 Å². The van der Waals surface area contributed by atoms with Gasteiger partial charge in [0, 0.05) is 31.4 Å². The number of ether oxygens (including phenoxy) is 1. The van der Waals surface area contributed by atoms with Crippen molar-refractivity contribution in [1.29, 1.82) is 0 Å². The van der Waals surface area contributed by atoms with Crippen LogP contribution in [0.3, 0.4) is 0 Å². The van der Waals surface area contributed by atoms with Crippen LogP contribution in [0, 0.1) is 5.82 Å². The third-order valence-electron chi connectivity index (χ3n) is 9.32. The van der Waals surface area contributed by atoms with E-state index in [0.717, 1.165) is 48.5 Å². The van der Waals surface area contributed by atoms with Crippen molar-refractivity contribution in [2.45, 2.75) is 63.1 Å². The molecule has 1 heterocycles. The summed E-state index contributed by atoms with van der Waals surface area (Å²) in [6.07, 6.45) is 7.23.